The molecule has 4 aromatic rings. The molecule has 47 heavy (non-hydrogen) atoms. The minimum Gasteiger partial charge on any atom is -0.482 e. The van der Waals surface area contributed by atoms with E-state index in [1.165, 1.54) is 12.4 Å². The van der Waals surface area contributed by atoms with Crippen LogP contribution in [0.2, 0.25) is 5.02 Å². The Morgan fingerprint density at radius 2 is 1.81 bits per heavy atom. The van der Waals surface area contributed by atoms with Gasteiger partial charge in [-0.05, 0) is 55.7 Å². The second kappa shape index (κ2) is 11.5. The quantitative estimate of drug-likeness (QED) is 0.280. The highest BCUT2D eigenvalue weighted by Crippen LogP contribution is 2.44. The number of amides is 2. The summed E-state index contributed by atoms with van der Waals surface area (Å²) < 4.78 is 34.9. The number of carbonyl (C=O) groups is 2. The molecule has 0 bridgehead atoms. The smallest absolute Gasteiger partial charge is 0.265 e. The van der Waals surface area contributed by atoms with E-state index in [1.807, 2.05) is 16.8 Å². The first-order valence-electron chi connectivity index (χ1n) is 16.0. The lowest BCUT2D eigenvalue weighted by molar-refractivity contribution is -0.128. The number of primary amides is 1. The molecule has 2 amide bonds. The Bertz CT molecular complexity index is 1880. The second-order valence-corrected chi connectivity index (χ2v) is 13.5. The highest BCUT2D eigenvalue weighted by molar-refractivity contribution is 6.30. The SMILES string of the molecule is NC(=O)c1c(CC2CC2)nc2c(cnn2C2CCN(C3CC(F)(F)C3)CC2)c1-c1ccc2c(c1)OCC(=O)N2Cc1ncc(Cl)cn1. The minimum atomic E-state index is -2.54. The Kier molecular flexibility index (Phi) is 7.36. The van der Waals surface area contributed by atoms with Crippen molar-refractivity contribution in [2.24, 2.45) is 11.7 Å². The van der Waals surface area contributed by atoms with Gasteiger partial charge in [-0.15, -0.1) is 0 Å². The first-order valence-corrected chi connectivity index (χ1v) is 16.4. The molecule has 14 heteroatoms. The molecule has 2 saturated carbocycles. The van der Waals surface area contributed by atoms with Gasteiger partial charge in [-0.2, -0.15) is 5.10 Å². The van der Waals surface area contributed by atoms with Crippen LogP contribution >= 0.6 is 11.6 Å². The van der Waals surface area contributed by atoms with Crippen LogP contribution in [0.3, 0.4) is 0 Å². The minimum absolute atomic E-state index is 0.0411. The molecule has 1 aromatic carbocycles. The van der Waals surface area contributed by atoms with Gasteiger partial charge in [0.15, 0.2) is 12.3 Å². The van der Waals surface area contributed by atoms with E-state index >= 15 is 0 Å². The molecular weight excluding hydrogens is 630 g/mol. The number of hydrogen-bond donors (Lipinski definition) is 1. The average molecular weight is 663 g/mol. The summed E-state index contributed by atoms with van der Waals surface area (Å²) in [6.45, 7) is 1.40. The molecule has 2 aliphatic carbocycles. The lowest BCUT2D eigenvalue weighted by atomic mass is 9.85. The molecule has 0 radical (unpaired) electrons. The summed E-state index contributed by atoms with van der Waals surface area (Å²) >= 11 is 5.94. The molecule has 2 aliphatic heterocycles. The van der Waals surface area contributed by atoms with Gasteiger partial charge in [-0.1, -0.05) is 17.7 Å². The van der Waals surface area contributed by atoms with E-state index in [-0.39, 0.29) is 44.0 Å². The van der Waals surface area contributed by atoms with Crippen LogP contribution < -0.4 is 15.4 Å². The number of carbonyl (C=O) groups excluding carboxylic acids is 2. The molecule has 0 unspecified atom stereocenters. The van der Waals surface area contributed by atoms with Gasteiger partial charge in [0.25, 0.3) is 17.7 Å². The van der Waals surface area contributed by atoms with E-state index < -0.39 is 11.8 Å². The lowest BCUT2D eigenvalue weighted by Crippen LogP contribution is -2.53. The summed E-state index contributed by atoms with van der Waals surface area (Å²) in [6, 6.07) is 5.44. The largest absolute Gasteiger partial charge is 0.482 e. The van der Waals surface area contributed by atoms with Crippen molar-refractivity contribution < 1.29 is 23.1 Å². The predicted octanol–water partition coefficient (Wildman–Crippen LogP) is 4.95. The zero-order chi connectivity index (χ0) is 32.4. The van der Waals surface area contributed by atoms with Gasteiger partial charge in [0.1, 0.15) is 11.6 Å². The zero-order valence-corrected chi connectivity index (χ0v) is 26.3. The first kappa shape index (κ1) is 30.1. The van der Waals surface area contributed by atoms with Crippen molar-refractivity contribution >= 4 is 40.1 Å². The number of hydrogen-bond acceptors (Lipinski definition) is 8. The van der Waals surface area contributed by atoms with Gasteiger partial charge >= 0.3 is 0 Å². The fourth-order valence-electron chi connectivity index (χ4n) is 7.16. The number of rotatable bonds is 8. The fraction of sp³-hybridized carbons (Fsp3) is 0.455. The summed E-state index contributed by atoms with van der Waals surface area (Å²) in [5.74, 6) is -2.01. The Morgan fingerprint density at radius 1 is 1.06 bits per heavy atom. The van der Waals surface area contributed by atoms with Crippen molar-refractivity contribution in [3.63, 3.8) is 0 Å². The number of aromatic nitrogens is 5. The number of halogens is 3. The lowest BCUT2D eigenvalue weighted by Gasteiger charge is -2.45. The van der Waals surface area contributed by atoms with Crippen LogP contribution in [-0.4, -0.2) is 73.1 Å². The number of fused-ring (bicyclic) bond motifs is 2. The predicted molar refractivity (Wildman–Crippen MR) is 169 cm³/mol. The summed E-state index contributed by atoms with van der Waals surface area (Å²) in [4.78, 5) is 43.3. The van der Waals surface area contributed by atoms with Crippen molar-refractivity contribution in [2.75, 3.05) is 24.6 Å². The molecular formula is C33H33ClF2N8O3. The maximum atomic E-state index is 13.5. The standard InChI is InChI=1S/C33H33ClF2N8O3/c34-20-13-38-27(39-14-20)16-43-25-4-3-19(10-26(25)47-17-28(43)45)29-23-15-40-44(21-5-7-42(8-6-21)22-11-33(35,36)12-22)32(23)41-24(9-18-1-2-18)30(29)31(37)46/h3-4,10,13-15,18,21-22H,1-2,5-9,11-12,16-17H2,(H2,37,46). The number of nitrogens with two attached hydrogens (primary N) is 1. The van der Waals surface area contributed by atoms with Gasteiger partial charge in [-0.3, -0.25) is 19.4 Å². The molecule has 1 saturated heterocycles. The molecule has 2 N–H and O–H groups in total. The molecule has 4 aliphatic rings. The zero-order valence-electron chi connectivity index (χ0n) is 25.5. The van der Waals surface area contributed by atoms with Gasteiger partial charge in [0.05, 0.1) is 40.8 Å². The number of nitrogens with zero attached hydrogens (tertiary/aromatic N) is 7. The number of piperidine rings is 1. The average Bonchev–Trinajstić information content (AvgIpc) is 3.76. The van der Waals surface area contributed by atoms with Crippen LogP contribution in [0.15, 0.2) is 36.8 Å². The normalized spacial score (nSPS) is 20.2. The molecule has 3 aromatic heterocycles. The van der Waals surface area contributed by atoms with Gasteiger partial charge in [0.2, 0.25) is 0 Å². The molecule has 5 heterocycles. The first-order chi connectivity index (χ1) is 22.6. The third-order valence-corrected chi connectivity index (χ3v) is 10.0. The second-order valence-electron chi connectivity index (χ2n) is 13.1. The summed E-state index contributed by atoms with van der Waals surface area (Å²) in [5.41, 5.74) is 9.64. The third-order valence-electron chi connectivity index (χ3n) is 9.84. The van der Waals surface area contributed by atoms with E-state index in [9.17, 15) is 18.4 Å². The van der Waals surface area contributed by atoms with Gasteiger partial charge in [0, 0.05) is 55.3 Å². The number of ether oxygens (including phenoxy) is 1. The highest BCUT2D eigenvalue weighted by atomic mass is 35.5. The topological polar surface area (TPSA) is 132 Å². The van der Waals surface area contributed by atoms with Crippen molar-refractivity contribution in [1.29, 1.82) is 0 Å². The van der Waals surface area contributed by atoms with Gasteiger partial charge < -0.3 is 10.5 Å². The molecule has 244 valence electrons. The monoisotopic (exact) mass is 662 g/mol. The molecule has 8 rings (SSSR count). The molecule has 0 atom stereocenters. The van der Waals surface area contributed by atoms with Crippen LogP contribution in [0.5, 0.6) is 5.75 Å². The summed E-state index contributed by atoms with van der Waals surface area (Å²) in [6.07, 6.45) is 8.85. The van der Waals surface area contributed by atoms with E-state index in [2.05, 4.69) is 14.9 Å². The maximum Gasteiger partial charge on any atom is 0.265 e. The van der Waals surface area contributed by atoms with Crippen LogP contribution in [0.25, 0.3) is 22.2 Å². The number of pyridine rings is 1. The van der Waals surface area contributed by atoms with Crippen LogP contribution in [0.4, 0.5) is 14.5 Å². The third kappa shape index (κ3) is 5.69. The van der Waals surface area contributed by atoms with E-state index in [0.717, 1.165) is 25.7 Å². The van der Waals surface area contributed by atoms with Crippen molar-refractivity contribution in [3.8, 4) is 16.9 Å². The Balaban J connectivity index is 1.16. The van der Waals surface area contributed by atoms with Crippen LogP contribution in [-0.2, 0) is 17.8 Å². The van der Waals surface area contributed by atoms with E-state index in [0.29, 0.717) is 81.1 Å². The van der Waals surface area contributed by atoms with E-state index in [4.69, 9.17) is 32.2 Å². The molecule has 0 spiro atoms. The number of anilines is 1. The Hall–Kier alpha value is -4.23. The molecule has 3 fully saturated rings. The van der Waals surface area contributed by atoms with Crippen LogP contribution in [0, 0.1) is 5.92 Å². The van der Waals surface area contributed by atoms with Gasteiger partial charge in [-0.25, -0.2) is 28.4 Å². The number of alkyl halides is 2. The van der Waals surface area contributed by atoms with Crippen molar-refractivity contribution in [2.45, 2.75) is 69.5 Å². The molecule has 11 nitrogen and oxygen atoms in total. The van der Waals surface area contributed by atoms with Crippen molar-refractivity contribution in [3.05, 3.63) is 58.9 Å². The fourth-order valence-corrected chi connectivity index (χ4v) is 7.26. The highest BCUT2D eigenvalue weighted by Gasteiger charge is 2.48. The van der Waals surface area contributed by atoms with Crippen molar-refractivity contribution in [1.82, 2.24) is 29.6 Å². The Morgan fingerprint density at radius 3 is 2.49 bits per heavy atom. The maximum absolute atomic E-state index is 13.5. The summed E-state index contributed by atoms with van der Waals surface area (Å²) in [7, 11) is 0. The van der Waals surface area contributed by atoms with E-state index in [1.54, 1.807) is 17.2 Å². The Labute approximate surface area is 274 Å². The summed E-state index contributed by atoms with van der Waals surface area (Å²) in [5, 5.41) is 5.88. The number of benzene rings is 1. The van der Waals surface area contributed by atoms with Crippen LogP contribution in [0.1, 0.15) is 66.4 Å². The number of likely N-dealkylation sites (tertiary alicyclic amines) is 1.